The van der Waals surface area contributed by atoms with Crippen molar-refractivity contribution < 1.29 is 9.53 Å². The molecule has 0 spiro atoms. The molecule has 0 fully saturated rings. The molecular formula is C17H26ClIN4O2. The molecule has 0 aliphatic carbocycles. The van der Waals surface area contributed by atoms with Crippen LogP contribution < -0.4 is 10.1 Å². The summed E-state index contributed by atoms with van der Waals surface area (Å²) in [5, 5.41) is 3.81. The van der Waals surface area contributed by atoms with Gasteiger partial charge in [0.25, 0.3) is 0 Å². The fraction of sp³-hybridized carbons (Fsp3) is 0.412. The molecule has 1 N–H and O–H groups in total. The standard InChI is InChI=1S/C17H25ClN4O2.HI/c1-5-10-19-17(20-13-16(23)21(2)3)22(4)11-12-24-15-8-6-14(18)7-9-15;/h5-9H,1,10-13H2,2-4H3,(H,19,20);1H. The first-order chi connectivity index (χ1) is 11.4. The predicted octanol–water partition coefficient (Wildman–Crippen LogP) is 2.49. The molecule has 6 nitrogen and oxygen atoms in total. The molecule has 0 aliphatic heterocycles. The zero-order chi connectivity index (χ0) is 17.9. The normalized spacial score (nSPS) is 10.5. The van der Waals surface area contributed by atoms with Crippen LogP contribution in [-0.4, -0.2) is 69.1 Å². The van der Waals surface area contributed by atoms with Crippen LogP contribution in [0.2, 0.25) is 5.02 Å². The Balaban J connectivity index is 0.00000576. The van der Waals surface area contributed by atoms with Gasteiger partial charge in [-0.1, -0.05) is 17.7 Å². The quantitative estimate of drug-likeness (QED) is 0.269. The number of nitrogens with one attached hydrogen (secondary N) is 1. The lowest BCUT2D eigenvalue weighted by Gasteiger charge is -2.22. The summed E-state index contributed by atoms with van der Waals surface area (Å²) >= 11 is 5.84. The molecule has 0 aliphatic rings. The summed E-state index contributed by atoms with van der Waals surface area (Å²) in [4.78, 5) is 19.4. The van der Waals surface area contributed by atoms with Gasteiger partial charge in [-0.05, 0) is 24.3 Å². The Labute approximate surface area is 171 Å². The summed E-state index contributed by atoms with van der Waals surface area (Å²) in [7, 11) is 5.30. The number of benzene rings is 1. The topological polar surface area (TPSA) is 57.2 Å². The fourth-order valence-corrected chi connectivity index (χ4v) is 1.82. The maximum absolute atomic E-state index is 11.7. The van der Waals surface area contributed by atoms with E-state index in [2.05, 4.69) is 16.9 Å². The molecule has 0 bridgehead atoms. The second kappa shape index (κ2) is 12.8. The van der Waals surface area contributed by atoms with Gasteiger partial charge in [-0.2, -0.15) is 0 Å². The molecule has 25 heavy (non-hydrogen) atoms. The molecule has 0 aromatic heterocycles. The number of carbonyl (C=O) groups is 1. The van der Waals surface area contributed by atoms with Gasteiger partial charge in [0.1, 0.15) is 18.9 Å². The Kier molecular flexibility index (Phi) is 12.1. The van der Waals surface area contributed by atoms with Crippen molar-refractivity contribution in [2.75, 3.05) is 47.4 Å². The van der Waals surface area contributed by atoms with Crippen LogP contribution in [0, 0.1) is 0 Å². The number of guanidine groups is 1. The summed E-state index contributed by atoms with van der Waals surface area (Å²) in [5.41, 5.74) is 0. The molecule has 0 radical (unpaired) electrons. The van der Waals surface area contributed by atoms with Gasteiger partial charge in [0.15, 0.2) is 5.96 Å². The molecule has 0 heterocycles. The summed E-state index contributed by atoms with van der Waals surface area (Å²) in [5.74, 6) is 1.33. The lowest BCUT2D eigenvalue weighted by molar-refractivity contribution is -0.127. The number of carbonyl (C=O) groups excluding carboxylic acids is 1. The maximum Gasteiger partial charge on any atom is 0.243 e. The van der Waals surface area contributed by atoms with Crippen molar-refractivity contribution in [2.24, 2.45) is 4.99 Å². The van der Waals surface area contributed by atoms with Crippen molar-refractivity contribution in [1.82, 2.24) is 15.1 Å². The first kappa shape index (κ1) is 23.5. The number of nitrogens with zero attached hydrogens (tertiary/aromatic N) is 3. The maximum atomic E-state index is 11.7. The van der Waals surface area contributed by atoms with Crippen LogP contribution in [0.25, 0.3) is 0 Å². The summed E-state index contributed by atoms with van der Waals surface area (Å²) in [6.07, 6.45) is 1.74. The van der Waals surface area contributed by atoms with Crippen molar-refractivity contribution in [2.45, 2.75) is 0 Å². The van der Waals surface area contributed by atoms with E-state index in [0.29, 0.717) is 30.7 Å². The third-order valence-electron chi connectivity index (χ3n) is 3.14. The number of halogens is 2. The Morgan fingerprint density at radius 3 is 2.52 bits per heavy atom. The van der Waals surface area contributed by atoms with Crippen molar-refractivity contribution in [3.63, 3.8) is 0 Å². The molecular weight excluding hydrogens is 455 g/mol. The van der Waals surface area contributed by atoms with Crippen LogP contribution in [0.15, 0.2) is 41.9 Å². The van der Waals surface area contributed by atoms with Crippen LogP contribution in [0.5, 0.6) is 5.75 Å². The molecule has 1 rings (SSSR count). The Morgan fingerprint density at radius 1 is 1.32 bits per heavy atom. The first-order valence-electron chi connectivity index (χ1n) is 7.63. The van der Waals surface area contributed by atoms with Crippen LogP contribution in [0.1, 0.15) is 0 Å². The Bertz CT molecular complexity index is 564. The van der Waals surface area contributed by atoms with Crippen LogP contribution in [0.3, 0.4) is 0 Å². The van der Waals surface area contributed by atoms with E-state index in [1.807, 2.05) is 24.1 Å². The first-order valence-corrected chi connectivity index (χ1v) is 8.00. The Morgan fingerprint density at radius 2 is 1.96 bits per heavy atom. The zero-order valence-corrected chi connectivity index (χ0v) is 18.0. The lowest BCUT2D eigenvalue weighted by atomic mass is 10.3. The van der Waals surface area contributed by atoms with E-state index in [4.69, 9.17) is 16.3 Å². The number of hydrogen-bond donors (Lipinski definition) is 1. The molecule has 0 atom stereocenters. The highest BCUT2D eigenvalue weighted by atomic mass is 127. The van der Waals surface area contributed by atoms with Gasteiger partial charge in [0, 0.05) is 32.7 Å². The van der Waals surface area contributed by atoms with Gasteiger partial charge in [0.2, 0.25) is 5.91 Å². The molecule has 0 unspecified atom stereocenters. The summed E-state index contributed by atoms with van der Waals surface area (Å²) < 4.78 is 5.67. The highest BCUT2D eigenvalue weighted by Gasteiger charge is 2.08. The van der Waals surface area contributed by atoms with Crippen LogP contribution in [-0.2, 0) is 4.79 Å². The average Bonchev–Trinajstić information content (AvgIpc) is 2.56. The van der Waals surface area contributed by atoms with E-state index in [0.717, 1.165) is 5.75 Å². The van der Waals surface area contributed by atoms with Crippen LogP contribution >= 0.6 is 35.6 Å². The number of rotatable bonds is 8. The fourth-order valence-electron chi connectivity index (χ4n) is 1.70. The van der Waals surface area contributed by atoms with Gasteiger partial charge in [-0.3, -0.25) is 4.79 Å². The highest BCUT2D eigenvalue weighted by molar-refractivity contribution is 14.0. The number of aliphatic imine (C=N–C) groups is 1. The number of ether oxygens (including phenoxy) is 1. The molecule has 1 aromatic carbocycles. The van der Waals surface area contributed by atoms with Gasteiger partial charge in [-0.25, -0.2) is 4.99 Å². The minimum Gasteiger partial charge on any atom is -0.492 e. The van der Waals surface area contributed by atoms with Crippen molar-refractivity contribution in [3.8, 4) is 5.75 Å². The summed E-state index contributed by atoms with van der Waals surface area (Å²) in [6, 6.07) is 7.21. The van der Waals surface area contributed by atoms with Gasteiger partial charge in [-0.15, -0.1) is 30.6 Å². The summed E-state index contributed by atoms with van der Waals surface area (Å²) in [6.45, 7) is 5.43. The van der Waals surface area contributed by atoms with E-state index in [1.165, 1.54) is 4.90 Å². The monoisotopic (exact) mass is 480 g/mol. The Hall–Kier alpha value is -1.48. The highest BCUT2D eigenvalue weighted by Crippen LogP contribution is 2.15. The van der Waals surface area contributed by atoms with E-state index in [9.17, 15) is 4.79 Å². The van der Waals surface area contributed by atoms with E-state index >= 15 is 0 Å². The molecule has 1 aromatic rings. The third-order valence-corrected chi connectivity index (χ3v) is 3.39. The van der Waals surface area contributed by atoms with Crippen molar-refractivity contribution >= 4 is 47.4 Å². The molecule has 1 amide bonds. The smallest absolute Gasteiger partial charge is 0.243 e. The molecule has 8 heteroatoms. The number of likely N-dealkylation sites (N-methyl/N-ethyl adjacent to an activating group) is 2. The molecule has 0 saturated carbocycles. The second-order valence-electron chi connectivity index (χ2n) is 5.32. The van der Waals surface area contributed by atoms with Gasteiger partial charge < -0.3 is 19.9 Å². The average molecular weight is 481 g/mol. The van der Waals surface area contributed by atoms with Gasteiger partial charge in [0.05, 0.1) is 6.54 Å². The van der Waals surface area contributed by atoms with E-state index in [1.54, 1.807) is 32.3 Å². The molecule has 0 saturated heterocycles. The van der Waals surface area contributed by atoms with Crippen molar-refractivity contribution in [3.05, 3.63) is 41.9 Å². The number of hydrogen-bond acceptors (Lipinski definition) is 3. The van der Waals surface area contributed by atoms with Crippen molar-refractivity contribution in [1.29, 1.82) is 0 Å². The minimum absolute atomic E-state index is 0. The van der Waals surface area contributed by atoms with Crippen LogP contribution in [0.4, 0.5) is 0 Å². The zero-order valence-electron chi connectivity index (χ0n) is 14.9. The molecule has 140 valence electrons. The predicted molar refractivity (Wildman–Crippen MR) is 114 cm³/mol. The second-order valence-corrected chi connectivity index (χ2v) is 5.76. The van der Waals surface area contributed by atoms with Gasteiger partial charge >= 0.3 is 0 Å². The lowest BCUT2D eigenvalue weighted by Crippen LogP contribution is -2.41. The van der Waals surface area contributed by atoms with E-state index < -0.39 is 0 Å². The number of amides is 1. The third kappa shape index (κ3) is 9.54. The largest absolute Gasteiger partial charge is 0.492 e. The van der Waals surface area contributed by atoms with E-state index in [-0.39, 0.29) is 36.4 Å². The minimum atomic E-state index is -0.0567. The SMILES string of the molecule is C=CCNC(=NCC(=O)N(C)C)N(C)CCOc1ccc(Cl)cc1.I.